The average molecular weight is 312 g/mol. The number of hydrogen-bond donors (Lipinski definition) is 1. The standard InChI is InChI=1S/C12H14BrN3O2/c1-3-10(7(2)17)12-15-11(16-18-12)8-4-9(13)6-14-5-8/h4-7,10,17H,3H2,1-2H3. The number of aromatic nitrogens is 3. The van der Waals surface area contributed by atoms with Gasteiger partial charge < -0.3 is 9.63 Å². The number of pyridine rings is 1. The Morgan fingerprint density at radius 2 is 2.22 bits per heavy atom. The first-order chi connectivity index (χ1) is 8.61. The lowest BCUT2D eigenvalue weighted by Crippen LogP contribution is -2.13. The summed E-state index contributed by atoms with van der Waals surface area (Å²) in [6, 6.07) is 1.87. The van der Waals surface area contributed by atoms with Gasteiger partial charge >= 0.3 is 0 Å². The van der Waals surface area contributed by atoms with Crippen LogP contribution >= 0.6 is 15.9 Å². The van der Waals surface area contributed by atoms with E-state index in [2.05, 4.69) is 31.1 Å². The number of halogens is 1. The lowest BCUT2D eigenvalue weighted by Gasteiger charge is -2.12. The van der Waals surface area contributed by atoms with Gasteiger partial charge in [-0.1, -0.05) is 12.1 Å². The molecular formula is C12H14BrN3O2. The Bertz CT molecular complexity index is 528. The van der Waals surface area contributed by atoms with E-state index >= 15 is 0 Å². The number of aliphatic hydroxyl groups is 1. The molecule has 2 rings (SSSR count). The summed E-state index contributed by atoms with van der Waals surface area (Å²) in [7, 11) is 0. The molecule has 5 nitrogen and oxygen atoms in total. The van der Waals surface area contributed by atoms with Crippen molar-refractivity contribution in [2.75, 3.05) is 0 Å². The Morgan fingerprint density at radius 1 is 1.44 bits per heavy atom. The minimum absolute atomic E-state index is 0.133. The van der Waals surface area contributed by atoms with Crippen molar-refractivity contribution in [1.29, 1.82) is 0 Å². The first-order valence-corrected chi connectivity index (χ1v) is 6.53. The Balaban J connectivity index is 2.30. The zero-order chi connectivity index (χ0) is 13.1. The van der Waals surface area contributed by atoms with E-state index in [9.17, 15) is 5.11 Å². The first kappa shape index (κ1) is 13.2. The topological polar surface area (TPSA) is 72.0 Å². The molecule has 2 aromatic heterocycles. The monoisotopic (exact) mass is 311 g/mol. The summed E-state index contributed by atoms with van der Waals surface area (Å²) < 4.78 is 6.06. The Hall–Kier alpha value is -1.27. The van der Waals surface area contributed by atoms with Gasteiger partial charge in [-0.2, -0.15) is 4.98 Å². The molecule has 0 aromatic carbocycles. The Labute approximate surface area is 113 Å². The van der Waals surface area contributed by atoms with Crippen LogP contribution < -0.4 is 0 Å². The number of rotatable bonds is 4. The van der Waals surface area contributed by atoms with Gasteiger partial charge in [0.2, 0.25) is 11.7 Å². The molecule has 0 saturated carbocycles. The van der Waals surface area contributed by atoms with Crippen LogP contribution in [0.1, 0.15) is 32.1 Å². The summed E-state index contributed by atoms with van der Waals surface area (Å²) in [6.07, 6.45) is 3.59. The lowest BCUT2D eigenvalue weighted by atomic mass is 10.0. The van der Waals surface area contributed by atoms with Crippen LogP contribution in [0.4, 0.5) is 0 Å². The van der Waals surface area contributed by atoms with Gasteiger partial charge in [-0.25, -0.2) is 0 Å². The maximum atomic E-state index is 9.64. The van der Waals surface area contributed by atoms with Crippen LogP contribution in [0.15, 0.2) is 27.5 Å². The molecule has 0 bridgehead atoms. The van der Waals surface area contributed by atoms with E-state index in [4.69, 9.17) is 4.52 Å². The zero-order valence-electron chi connectivity index (χ0n) is 10.2. The normalized spacial score (nSPS) is 14.4. The molecule has 0 aliphatic rings. The van der Waals surface area contributed by atoms with Crippen molar-refractivity contribution in [2.45, 2.75) is 32.3 Å². The molecule has 18 heavy (non-hydrogen) atoms. The SMILES string of the molecule is CCC(c1nc(-c2cncc(Br)c2)no1)C(C)O. The van der Waals surface area contributed by atoms with Crippen molar-refractivity contribution in [3.63, 3.8) is 0 Å². The summed E-state index contributed by atoms with van der Waals surface area (Å²) in [5, 5.41) is 13.6. The predicted molar refractivity (Wildman–Crippen MR) is 69.9 cm³/mol. The third-order valence-corrected chi connectivity index (χ3v) is 3.18. The second-order valence-electron chi connectivity index (χ2n) is 4.10. The third-order valence-electron chi connectivity index (χ3n) is 2.74. The molecule has 2 atom stereocenters. The highest BCUT2D eigenvalue weighted by Gasteiger charge is 2.22. The lowest BCUT2D eigenvalue weighted by molar-refractivity contribution is 0.141. The molecule has 0 radical (unpaired) electrons. The van der Waals surface area contributed by atoms with Crippen LogP contribution in [-0.4, -0.2) is 26.3 Å². The van der Waals surface area contributed by atoms with E-state index in [1.807, 2.05) is 13.0 Å². The predicted octanol–water partition coefficient (Wildman–Crippen LogP) is 2.77. The summed E-state index contributed by atoms with van der Waals surface area (Å²) in [5.74, 6) is 0.812. The van der Waals surface area contributed by atoms with E-state index in [1.54, 1.807) is 19.3 Å². The molecule has 0 spiro atoms. The molecule has 0 amide bonds. The van der Waals surface area contributed by atoms with Crippen LogP contribution in [0.3, 0.4) is 0 Å². The fourth-order valence-electron chi connectivity index (χ4n) is 1.76. The fraction of sp³-hybridized carbons (Fsp3) is 0.417. The maximum absolute atomic E-state index is 9.64. The van der Waals surface area contributed by atoms with Crippen molar-refractivity contribution in [1.82, 2.24) is 15.1 Å². The molecule has 0 fully saturated rings. The van der Waals surface area contributed by atoms with Crippen molar-refractivity contribution in [2.24, 2.45) is 0 Å². The minimum Gasteiger partial charge on any atom is -0.393 e. The van der Waals surface area contributed by atoms with Gasteiger partial charge in [-0.3, -0.25) is 4.98 Å². The molecule has 96 valence electrons. The van der Waals surface area contributed by atoms with Gasteiger partial charge in [-0.05, 0) is 35.3 Å². The molecule has 6 heteroatoms. The van der Waals surface area contributed by atoms with Crippen molar-refractivity contribution in [3.8, 4) is 11.4 Å². The van der Waals surface area contributed by atoms with E-state index in [0.29, 0.717) is 11.7 Å². The number of hydrogen-bond acceptors (Lipinski definition) is 5. The largest absolute Gasteiger partial charge is 0.393 e. The van der Waals surface area contributed by atoms with E-state index in [1.165, 1.54) is 0 Å². The van der Waals surface area contributed by atoms with Crippen LogP contribution in [0, 0.1) is 0 Å². The van der Waals surface area contributed by atoms with Crippen molar-refractivity contribution < 1.29 is 9.63 Å². The summed E-state index contributed by atoms with van der Waals surface area (Å²) in [5.41, 5.74) is 0.778. The molecule has 1 N–H and O–H groups in total. The highest BCUT2D eigenvalue weighted by molar-refractivity contribution is 9.10. The van der Waals surface area contributed by atoms with E-state index in [0.717, 1.165) is 16.5 Å². The second kappa shape index (κ2) is 5.58. The molecule has 0 saturated heterocycles. The smallest absolute Gasteiger partial charge is 0.232 e. The van der Waals surface area contributed by atoms with E-state index < -0.39 is 6.10 Å². The van der Waals surface area contributed by atoms with Gasteiger partial charge in [0.1, 0.15) is 0 Å². The molecule has 0 aliphatic carbocycles. The zero-order valence-corrected chi connectivity index (χ0v) is 11.8. The van der Waals surface area contributed by atoms with Crippen molar-refractivity contribution in [3.05, 3.63) is 28.8 Å². The van der Waals surface area contributed by atoms with Crippen LogP contribution in [-0.2, 0) is 0 Å². The highest BCUT2D eigenvalue weighted by atomic mass is 79.9. The van der Waals surface area contributed by atoms with Gasteiger partial charge in [-0.15, -0.1) is 0 Å². The third kappa shape index (κ3) is 2.76. The second-order valence-corrected chi connectivity index (χ2v) is 5.02. The quantitative estimate of drug-likeness (QED) is 0.940. The minimum atomic E-state index is -0.510. The summed E-state index contributed by atoms with van der Waals surface area (Å²) >= 11 is 3.34. The van der Waals surface area contributed by atoms with Gasteiger partial charge in [0.15, 0.2) is 0 Å². The summed E-state index contributed by atoms with van der Waals surface area (Å²) in [4.78, 5) is 8.37. The molecule has 2 heterocycles. The van der Waals surface area contributed by atoms with Crippen molar-refractivity contribution >= 4 is 15.9 Å². The van der Waals surface area contributed by atoms with Crippen LogP contribution in [0.2, 0.25) is 0 Å². The Kier molecular flexibility index (Phi) is 4.08. The number of aliphatic hydroxyl groups excluding tert-OH is 1. The average Bonchev–Trinajstić information content (AvgIpc) is 2.79. The maximum Gasteiger partial charge on any atom is 0.232 e. The van der Waals surface area contributed by atoms with Crippen LogP contribution in [0.25, 0.3) is 11.4 Å². The van der Waals surface area contributed by atoms with Gasteiger partial charge in [0.05, 0.1) is 12.0 Å². The van der Waals surface area contributed by atoms with Crippen LogP contribution in [0.5, 0.6) is 0 Å². The fourth-order valence-corrected chi connectivity index (χ4v) is 2.12. The number of nitrogens with zero attached hydrogens (tertiary/aromatic N) is 3. The van der Waals surface area contributed by atoms with Gasteiger partial charge in [0.25, 0.3) is 0 Å². The Morgan fingerprint density at radius 3 is 2.83 bits per heavy atom. The first-order valence-electron chi connectivity index (χ1n) is 5.74. The highest BCUT2D eigenvalue weighted by Crippen LogP contribution is 2.25. The van der Waals surface area contributed by atoms with Gasteiger partial charge in [0, 0.05) is 22.4 Å². The molecule has 0 aliphatic heterocycles. The molecule has 2 unspecified atom stereocenters. The van der Waals surface area contributed by atoms with E-state index in [-0.39, 0.29) is 5.92 Å². The summed E-state index contributed by atoms with van der Waals surface area (Å²) in [6.45, 7) is 3.70. The molecular weight excluding hydrogens is 298 g/mol. The molecule has 2 aromatic rings.